The monoisotopic (exact) mass is 467 g/mol. The SMILES string of the molecule is CCc1ccc(-n2c(C)cc([C@H]3[C@H](c4ccccn4)NC(=S)N3Cc3cccnc3)c2C)cc1. The van der Waals surface area contributed by atoms with Gasteiger partial charge in [0, 0.05) is 42.2 Å². The molecule has 1 aliphatic heterocycles. The minimum atomic E-state index is -0.0400. The third-order valence-corrected chi connectivity index (χ3v) is 7.02. The summed E-state index contributed by atoms with van der Waals surface area (Å²) < 4.78 is 2.34. The van der Waals surface area contributed by atoms with Gasteiger partial charge >= 0.3 is 0 Å². The minimum Gasteiger partial charge on any atom is -0.352 e. The molecule has 4 aromatic rings. The Morgan fingerprint density at radius 1 is 0.971 bits per heavy atom. The van der Waals surface area contributed by atoms with E-state index in [1.54, 1.807) is 6.20 Å². The number of rotatable bonds is 6. The van der Waals surface area contributed by atoms with Crippen molar-refractivity contribution in [3.8, 4) is 5.69 Å². The molecule has 34 heavy (non-hydrogen) atoms. The molecule has 1 aromatic carbocycles. The largest absolute Gasteiger partial charge is 0.352 e. The summed E-state index contributed by atoms with van der Waals surface area (Å²) in [5, 5.41) is 4.30. The van der Waals surface area contributed by atoms with Crippen molar-refractivity contribution < 1.29 is 0 Å². The van der Waals surface area contributed by atoms with Crippen LogP contribution in [0.3, 0.4) is 0 Å². The van der Waals surface area contributed by atoms with Crippen LogP contribution in [0.2, 0.25) is 0 Å². The molecule has 5 nitrogen and oxygen atoms in total. The molecule has 3 aromatic heterocycles. The number of hydrogen-bond acceptors (Lipinski definition) is 3. The highest BCUT2D eigenvalue weighted by Crippen LogP contribution is 2.42. The number of aryl methyl sites for hydroxylation is 2. The van der Waals surface area contributed by atoms with Crippen LogP contribution in [0.5, 0.6) is 0 Å². The van der Waals surface area contributed by atoms with E-state index in [2.05, 4.69) is 88.0 Å². The maximum Gasteiger partial charge on any atom is 0.170 e. The summed E-state index contributed by atoms with van der Waals surface area (Å²) in [4.78, 5) is 11.3. The number of benzene rings is 1. The summed E-state index contributed by atoms with van der Waals surface area (Å²) in [7, 11) is 0. The van der Waals surface area contributed by atoms with Gasteiger partial charge in [-0.3, -0.25) is 9.97 Å². The normalized spacial score (nSPS) is 17.7. The highest BCUT2D eigenvalue weighted by molar-refractivity contribution is 7.80. The van der Waals surface area contributed by atoms with Crippen molar-refractivity contribution in [2.24, 2.45) is 0 Å². The number of pyridine rings is 2. The number of aromatic nitrogens is 3. The van der Waals surface area contributed by atoms with Crippen LogP contribution in [0.1, 0.15) is 52.8 Å². The van der Waals surface area contributed by atoms with E-state index in [0.29, 0.717) is 6.54 Å². The Morgan fingerprint density at radius 3 is 2.47 bits per heavy atom. The number of nitrogens with one attached hydrogen (secondary N) is 1. The van der Waals surface area contributed by atoms with Gasteiger partial charge in [-0.05, 0) is 85.6 Å². The van der Waals surface area contributed by atoms with Crippen molar-refractivity contribution in [1.82, 2.24) is 24.8 Å². The molecule has 0 unspecified atom stereocenters. The molecule has 6 heteroatoms. The average molecular weight is 468 g/mol. The topological polar surface area (TPSA) is 46.0 Å². The van der Waals surface area contributed by atoms with Gasteiger partial charge in [0.1, 0.15) is 0 Å². The van der Waals surface area contributed by atoms with Gasteiger partial charge in [0.05, 0.1) is 17.8 Å². The third-order valence-electron chi connectivity index (χ3n) is 6.67. The van der Waals surface area contributed by atoms with E-state index < -0.39 is 0 Å². The average Bonchev–Trinajstić information content (AvgIpc) is 3.35. The van der Waals surface area contributed by atoms with Crippen LogP contribution >= 0.6 is 12.2 Å². The molecule has 1 aliphatic rings. The van der Waals surface area contributed by atoms with Crippen molar-refractivity contribution in [2.45, 2.75) is 45.8 Å². The van der Waals surface area contributed by atoms with E-state index in [1.165, 1.54) is 28.2 Å². The zero-order valence-electron chi connectivity index (χ0n) is 19.8. The number of nitrogens with zero attached hydrogens (tertiary/aromatic N) is 4. The summed E-state index contributed by atoms with van der Waals surface area (Å²) in [6, 6.07) is 21.2. The molecular weight excluding hydrogens is 438 g/mol. The lowest BCUT2D eigenvalue weighted by Crippen LogP contribution is -2.29. The Balaban J connectivity index is 1.60. The first-order chi connectivity index (χ1) is 16.6. The first kappa shape index (κ1) is 22.3. The van der Waals surface area contributed by atoms with Crippen molar-refractivity contribution in [1.29, 1.82) is 0 Å². The van der Waals surface area contributed by atoms with Crippen LogP contribution < -0.4 is 5.32 Å². The van der Waals surface area contributed by atoms with Crippen LogP contribution in [0.4, 0.5) is 0 Å². The lowest BCUT2D eigenvalue weighted by molar-refractivity contribution is 0.310. The standard InChI is InChI=1S/C28H29N5S/c1-4-21-10-12-23(13-11-21)33-19(2)16-24(20(33)3)27-26(25-9-5-6-15-30-25)31-28(34)32(27)18-22-8-7-14-29-17-22/h5-17,26-27H,4,18H2,1-3H3,(H,31,34)/t26-,27-/m0/s1. The molecule has 0 spiro atoms. The molecule has 1 fully saturated rings. The Hall–Kier alpha value is -3.51. The quantitative estimate of drug-likeness (QED) is 0.373. The van der Waals surface area contributed by atoms with Gasteiger partial charge < -0.3 is 14.8 Å². The van der Waals surface area contributed by atoms with E-state index in [1.807, 2.05) is 30.6 Å². The second-order valence-electron chi connectivity index (χ2n) is 8.80. The zero-order valence-corrected chi connectivity index (χ0v) is 20.6. The van der Waals surface area contributed by atoms with Gasteiger partial charge in [-0.2, -0.15) is 0 Å². The van der Waals surface area contributed by atoms with Crippen molar-refractivity contribution in [2.75, 3.05) is 0 Å². The molecule has 5 rings (SSSR count). The molecule has 2 atom stereocenters. The maximum absolute atomic E-state index is 5.86. The fraction of sp³-hybridized carbons (Fsp3) is 0.250. The molecule has 4 heterocycles. The van der Waals surface area contributed by atoms with Gasteiger partial charge in [0.25, 0.3) is 0 Å². The van der Waals surface area contributed by atoms with Gasteiger partial charge in [0.15, 0.2) is 5.11 Å². The van der Waals surface area contributed by atoms with Gasteiger partial charge in [-0.15, -0.1) is 0 Å². The van der Waals surface area contributed by atoms with Gasteiger partial charge in [-0.25, -0.2) is 0 Å². The summed E-state index contributed by atoms with van der Waals surface area (Å²) in [6.07, 6.45) is 6.59. The highest BCUT2D eigenvalue weighted by atomic mass is 32.1. The minimum absolute atomic E-state index is 0.0115. The second-order valence-corrected chi connectivity index (χ2v) is 9.18. The van der Waals surface area contributed by atoms with Crippen LogP contribution in [0.25, 0.3) is 5.69 Å². The molecular formula is C28H29N5S. The molecule has 1 N–H and O–H groups in total. The Labute approximate surface area is 206 Å². The fourth-order valence-electron chi connectivity index (χ4n) is 4.97. The third kappa shape index (κ3) is 4.10. The van der Waals surface area contributed by atoms with Crippen LogP contribution in [0, 0.1) is 13.8 Å². The lowest BCUT2D eigenvalue weighted by Gasteiger charge is -2.28. The van der Waals surface area contributed by atoms with Crippen LogP contribution in [-0.4, -0.2) is 24.5 Å². The second kappa shape index (κ2) is 9.39. The Bertz CT molecular complexity index is 1280. The van der Waals surface area contributed by atoms with E-state index in [9.17, 15) is 0 Å². The molecule has 0 radical (unpaired) electrons. The smallest absolute Gasteiger partial charge is 0.170 e. The van der Waals surface area contributed by atoms with E-state index >= 15 is 0 Å². The summed E-state index contributed by atoms with van der Waals surface area (Å²) >= 11 is 5.86. The van der Waals surface area contributed by atoms with Crippen molar-refractivity contribution in [3.05, 3.63) is 113 Å². The van der Waals surface area contributed by atoms with Crippen LogP contribution in [0.15, 0.2) is 79.3 Å². The maximum atomic E-state index is 5.86. The molecule has 0 amide bonds. The highest BCUT2D eigenvalue weighted by Gasteiger charge is 2.41. The Morgan fingerprint density at radius 2 is 1.79 bits per heavy atom. The van der Waals surface area contributed by atoms with Crippen molar-refractivity contribution in [3.63, 3.8) is 0 Å². The van der Waals surface area contributed by atoms with E-state index in [0.717, 1.165) is 22.8 Å². The molecule has 0 saturated carbocycles. The number of thiocarbonyl (C=S) groups is 1. The summed E-state index contributed by atoms with van der Waals surface area (Å²) in [5.74, 6) is 0. The molecule has 172 valence electrons. The molecule has 1 saturated heterocycles. The fourth-order valence-corrected chi connectivity index (χ4v) is 5.27. The van der Waals surface area contributed by atoms with E-state index in [4.69, 9.17) is 12.2 Å². The summed E-state index contributed by atoms with van der Waals surface area (Å²) in [5.41, 5.74) is 8.31. The number of hydrogen-bond donors (Lipinski definition) is 1. The first-order valence-electron chi connectivity index (χ1n) is 11.7. The predicted octanol–water partition coefficient (Wildman–Crippen LogP) is 5.62. The van der Waals surface area contributed by atoms with Gasteiger partial charge in [-0.1, -0.05) is 31.2 Å². The van der Waals surface area contributed by atoms with Crippen molar-refractivity contribution >= 4 is 17.3 Å². The van der Waals surface area contributed by atoms with Crippen LogP contribution in [-0.2, 0) is 13.0 Å². The summed E-state index contributed by atoms with van der Waals surface area (Å²) in [6.45, 7) is 7.24. The first-order valence-corrected chi connectivity index (χ1v) is 12.1. The van der Waals surface area contributed by atoms with Gasteiger partial charge in [0.2, 0.25) is 0 Å². The lowest BCUT2D eigenvalue weighted by atomic mass is 9.96. The Kier molecular flexibility index (Phi) is 6.16. The molecule has 0 aliphatic carbocycles. The molecule has 0 bridgehead atoms. The predicted molar refractivity (Wildman–Crippen MR) is 140 cm³/mol. The zero-order chi connectivity index (χ0) is 23.7. The van der Waals surface area contributed by atoms with E-state index in [-0.39, 0.29) is 12.1 Å².